The number of aromatic nitrogens is 2. The third-order valence-corrected chi connectivity index (χ3v) is 6.75. The molecular formula is C26H30F3N3O2. The number of hydrogen-bond donors (Lipinski definition) is 2. The number of imidazole rings is 1. The first-order valence-corrected chi connectivity index (χ1v) is 11.6. The maximum Gasteiger partial charge on any atom is 0.276 e. The van der Waals surface area contributed by atoms with Gasteiger partial charge in [-0.25, -0.2) is 18.2 Å². The Balaban J connectivity index is 1.45. The number of aromatic amines is 1. The molecule has 0 radical (unpaired) electrons. The van der Waals surface area contributed by atoms with Crippen LogP contribution in [0, 0.1) is 11.7 Å². The van der Waals surface area contributed by atoms with Crippen molar-refractivity contribution in [2.24, 2.45) is 5.92 Å². The summed E-state index contributed by atoms with van der Waals surface area (Å²) in [6, 6.07) is 11.0. The third kappa shape index (κ3) is 4.69. The lowest BCUT2D eigenvalue weighted by Gasteiger charge is -2.46. The molecule has 0 spiro atoms. The van der Waals surface area contributed by atoms with Gasteiger partial charge in [-0.1, -0.05) is 32.0 Å². The van der Waals surface area contributed by atoms with Crippen LogP contribution in [0.25, 0.3) is 11.0 Å². The maximum atomic E-state index is 15.0. The Morgan fingerprint density at radius 3 is 2.71 bits per heavy atom. The Hall–Kier alpha value is -2.87. The summed E-state index contributed by atoms with van der Waals surface area (Å²) in [5, 5.41) is 11.4. The molecule has 0 bridgehead atoms. The standard InChI is InChI=1S/C26H30F3N3O2/c1-16(2)24-18-11-10-17(27)13-19(18)26(28,29)15-25(24,34)14-23(33)32(3)12-6-9-22-30-20-7-4-5-8-21(20)31-22/h4-5,7-8,10-11,13,16,24,34H,6,9,12,14-15H2,1-3H3,(H,30,31)/t24-,25+/m0/s1. The van der Waals surface area contributed by atoms with E-state index in [0.717, 1.165) is 29.0 Å². The Kier molecular flexibility index (Phi) is 6.46. The summed E-state index contributed by atoms with van der Waals surface area (Å²) in [6.07, 6.45) is -0.0875. The highest BCUT2D eigenvalue weighted by atomic mass is 19.3. The zero-order valence-electron chi connectivity index (χ0n) is 19.6. The Labute approximate surface area is 197 Å². The number of aryl methyl sites for hydroxylation is 1. The number of aliphatic hydroxyl groups is 1. The fourth-order valence-electron chi connectivity index (χ4n) is 5.28. The van der Waals surface area contributed by atoms with Crippen molar-refractivity contribution in [2.75, 3.05) is 13.6 Å². The van der Waals surface area contributed by atoms with Gasteiger partial charge in [0.05, 0.1) is 23.1 Å². The van der Waals surface area contributed by atoms with E-state index in [0.29, 0.717) is 19.4 Å². The number of carbonyl (C=O) groups is 1. The summed E-state index contributed by atoms with van der Waals surface area (Å²) < 4.78 is 43.7. The van der Waals surface area contributed by atoms with Crippen molar-refractivity contribution in [1.29, 1.82) is 0 Å². The molecule has 5 nitrogen and oxygen atoms in total. The van der Waals surface area contributed by atoms with E-state index in [9.17, 15) is 23.1 Å². The summed E-state index contributed by atoms with van der Waals surface area (Å²) in [5.41, 5.74) is -0.311. The second kappa shape index (κ2) is 9.06. The van der Waals surface area contributed by atoms with Crippen molar-refractivity contribution in [1.82, 2.24) is 14.9 Å². The number of alkyl halides is 2. The molecule has 0 fully saturated rings. The van der Waals surface area contributed by atoms with Crippen LogP contribution in [0.1, 0.15) is 56.0 Å². The average Bonchev–Trinajstić information content (AvgIpc) is 3.16. The van der Waals surface area contributed by atoms with Crippen LogP contribution in [-0.2, 0) is 17.1 Å². The first kappa shape index (κ1) is 24.3. The number of benzene rings is 2. The first-order chi connectivity index (χ1) is 16.0. The zero-order valence-corrected chi connectivity index (χ0v) is 19.6. The normalized spacial score (nSPS) is 21.6. The van der Waals surface area contributed by atoms with Gasteiger partial charge in [-0.05, 0) is 42.2 Å². The highest BCUT2D eigenvalue weighted by Gasteiger charge is 2.55. The predicted molar refractivity (Wildman–Crippen MR) is 124 cm³/mol. The molecule has 1 aromatic heterocycles. The van der Waals surface area contributed by atoms with E-state index in [-0.39, 0.29) is 11.5 Å². The fraction of sp³-hybridized carbons (Fsp3) is 0.462. The van der Waals surface area contributed by atoms with Gasteiger partial charge in [0.1, 0.15) is 11.6 Å². The largest absolute Gasteiger partial charge is 0.388 e. The van der Waals surface area contributed by atoms with Crippen molar-refractivity contribution in [2.45, 2.75) is 57.0 Å². The van der Waals surface area contributed by atoms with E-state index in [4.69, 9.17) is 0 Å². The van der Waals surface area contributed by atoms with Gasteiger partial charge in [0.15, 0.2) is 0 Å². The van der Waals surface area contributed by atoms with Gasteiger partial charge in [0, 0.05) is 37.9 Å². The highest BCUT2D eigenvalue weighted by Crippen LogP contribution is 2.54. The van der Waals surface area contributed by atoms with Crippen LogP contribution >= 0.6 is 0 Å². The molecule has 8 heteroatoms. The summed E-state index contributed by atoms with van der Waals surface area (Å²) in [6.45, 7) is 4.03. The second-order valence-corrected chi connectivity index (χ2v) is 9.73. The highest BCUT2D eigenvalue weighted by molar-refractivity contribution is 5.77. The minimum Gasteiger partial charge on any atom is -0.388 e. The van der Waals surface area contributed by atoms with Gasteiger partial charge >= 0.3 is 0 Å². The van der Waals surface area contributed by atoms with Crippen LogP contribution in [0.5, 0.6) is 0 Å². The lowest BCUT2D eigenvalue weighted by atomic mass is 9.64. The van der Waals surface area contributed by atoms with Crippen molar-refractivity contribution in [3.8, 4) is 0 Å². The number of H-pyrrole nitrogens is 1. The molecular weight excluding hydrogens is 443 g/mol. The van der Waals surface area contributed by atoms with Crippen molar-refractivity contribution < 1.29 is 23.1 Å². The maximum absolute atomic E-state index is 15.0. The number of hydrogen-bond acceptors (Lipinski definition) is 3. The Morgan fingerprint density at radius 1 is 1.26 bits per heavy atom. The van der Waals surface area contributed by atoms with Crippen molar-refractivity contribution >= 4 is 16.9 Å². The summed E-state index contributed by atoms with van der Waals surface area (Å²) in [5.74, 6) is -4.70. The number of halogens is 3. The lowest BCUT2D eigenvalue weighted by molar-refractivity contribution is -0.151. The van der Waals surface area contributed by atoms with Gasteiger partial charge < -0.3 is 15.0 Å². The van der Waals surface area contributed by atoms with Crippen LogP contribution in [0.15, 0.2) is 42.5 Å². The van der Waals surface area contributed by atoms with Crippen LogP contribution in [0.4, 0.5) is 13.2 Å². The molecule has 0 saturated carbocycles. The average molecular weight is 474 g/mol. The molecule has 2 N–H and O–H groups in total. The van der Waals surface area contributed by atoms with E-state index >= 15 is 0 Å². The number of rotatable bonds is 7. The third-order valence-electron chi connectivity index (χ3n) is 6.75. The molecule has 3 aromatic rings. The number of amides is 1. The first-order valence-electron chi connectivity index (χ1n) is 11.6. The van der Waals surface area contributed by atoms with E-state index in [1.807, 2.05) is 38.1 Å². The summed E-state index contributed by atoms with van der Waals surface area (Å²) >= 11 is 0. The summed E-state index contributed by atoms with van der Waals surface area (Å²) in [4.78, 5) is 22.2. The molecule has 1 heterocycles. The Bertz CT molecular complexity index is 1160. The number of nitrogens with one attached hydrogen (secondary N) is 1. The molecule has 0 aliphatic heterocycles. The molecule has 182 valence electrons. The topological polar surface area (TPSA) is 69.2 Å². The smallest absolute Gasteiger partial charge is 0.276 e. The van der Waals surface area contributed by atoms with Crippen LogP contribution in [0.2, 0.25) is 0 Å². The molecule has 4 rings (SSSR count). The lowest BCUT2D eigenvalue weighted by Crippen LogP contribution is -2.50. The van der Waals surface area contributed by atoms with Gasteiger partial charge in [0.25, 0.3) is 5.92 Å². The van der Waals surface area contributed by atoms with Gasteiger partial charge in [-0.3, -0.25) is 4.79 Å². The quantitative estimate of drug-likeness (QED) is 0.499. The molecule has 0 unspecified atom stereocenters. The zero-order chi connectivity index (χ0) is 24.7. The fourth-order valence-corrected chi connectivity index (χ4v) is 5.28. The predicted octanol–water partition coefficient (Wildman–Crippen LogP) is 5.15. The minimum absolute atomic E-state index is 0.204. The molecule has 1 aliphatic rings. The molecule has 2 atom stereocenters. The van der Waals surface area contributed by atoms with Crippen LogP contribution in [0.3, 0.4) is 0 Å². The van der Waals surface area contributed by atoms with E-state index in [2.05, 4.69) is 9.97 Å². The molecule has 2 aromatic carbocycles. The number of carbonyl (C=O) groups excluding carboxylic acids is 1. The van der Waals surface area contributed by atoms with Gasteiger partial charge in [0.2, 0.25) is 5.91 Å². The van der Waals surface area contributed by atoms with Crippen molar-refractivity contribution in [3.05, 3.63) is 65.2 Å². The molecule has 0 saturated heterocycles. The van der Waals surface area contributed by atoms with Crippen LogP contribution in [-0.4, -0.2) is 45.1 Å². The van der Waals surface area contributed by atoms with Crippen LogP contribution < -0.4 is 0 Å². The minimum atomic E-state index is -3.43. The van der Waals surface area contributed by atoms with Gasteiger partial charge in [-0.15, -0.1) is 0 Å². The number of nitrogens with zero attached hydrogens (tertiary/aromatic N) is 2. The summed E-state index contributed by atoms with van der Waals surface area (Å²) in [7, 11) is 1.61. The Morgan fingerprint density at radius 2 is 2.00 bits per heavy atom. The molecule has 1 aliphatic carbocycles. The van der Waals surface area contributed by atoms with E-state index < -0.39 is 47.6 Å². The van der Waals surface area contributed by atoms with Gasteiger partial charge in [-0.2, -0.15) is 0 Å². The SMILES string of the molecule is CC(C)[C@H]1c2ccc(F)cc2C(F)(F)C[C@]1(O)CC(=O)N(C)CCCc1nc2ccccc2[nH]1. The molecule has 1 amide bonds. The number of fused-ring (bicyclic) bond motifs is 2. The monoisotopic (exact) mass is 473 g/mol. The van der Waals surface area contributed by atoms with E-state index in [1.165, 1.54) is 11.0 Å². The molecule has 34 heavy (non-hydrogen) atoms. The second-order valence-electron chi connectivity index (χ2n) is 9.73. The van der Waals surface area contributed by atoms with Crippen molar-refractivity contribution in [3.63, 3.8) is 0 Å². The van der Waals surface area contributed by atoms with E-state index in [1.54, 1.807) is 7.05 Å². The number of para-hydroxylation sites is 2.